The van der Waals surface area contributed by atoms with E-state index in [1.165, 1.54) is 19.1 Å². The van der Waals surface area contributed by atoms with Crippen molar-refractivity contribution < 1.29 is 0 Å². The Morgan fingerprint density at radius 2 is 0.955 bits per heavy atom. The molecule has 0 N–H and O–H groups in total. The van der Waals surface area contributed by atoms with Crippen LogP contribution in [0.25, 0.3) is 0 Å². The number of hydrogen-bond acceptors (Lipinski definition) is 0. The average Bonchev–Trinajstić information content (AvgIpc) is 2.30. The Bertz CT molecular complexity index is 342. The van der Waals surface area contributed by atoms with Crippen LogP contribution in [0, 0.1) is 0 Å². The van der Waals surface area contributed by atoms with Crippen molar-refractivity contribution in [3.05, 3.63) is 0 Å². The average molecular weight is 629 g/mol. The minimum atomic E-state index is -2.15. The zero-order valence-corrected chi connectivity index (χ0v) is 26.8. The molecule has 0 aliphatic carbocycles. The molecule has 0 saturated carbocycles. The van der Waals surface area contributed by atoms with Crippen LogP contribution in [0.2, 0.25) is 61.9 Å². The van der Waals surface area contributed by atoms with Crippen molar-refractivity contribution in [2.75, 3.05) is 0 Å². The fourth-order valence-corrected chi connectivity index (χ4v) is 106. The first kappa shape index (κ1) is 24.5. The summed E-state index contributed by atoms with van der Waals surface area (Å²) in [6.45, 7) is 11.3. The predicted molar refractivity (Wildman–Crippen MR) is 118 cm³/mol. The summed E-state index contributed by atoms with van der Waals surface area (Å²) in [6, 6.07) is 0. The molecular formula is C18H45BSn3. The van der Waals surface area contributed by atoms with E-state index in [1.54, 1.807) is 0 Å². The fraction of sp³-hybridized carbons (Fsp3) is 1.00. The Hall–Kier alpha value is 2.46. The summed E-state index contributed by atoms with van der Waals surface area (Å²) in [5.41, 5.74) is 0. The summed E-state index contributed by atoms with van der Waals surface area (Å²) < 4.78 is 1.48. The molecular weight excluding hydrogens is 583 g/mol. The van der Waals surface area contributed by atoms with Gasteiger partial charge in [-0.05, 0) is 0 Å². The molecule has 0 radical (unpaired) electrons. The molecule has 0 aromatic carbocycles. The van der Waals surface area contributed by atoms with Gasteiger partial charge in [-0.3, -0.25) is 0 Å². The van der Waals surface area contributed by atoms with Crippen molar-refractivity contribution in [3.8, 4) is 0 Å². The van der Waals surface area contributed by atoms with E-state index in [4.69, 9.17) is 0 Å². The Kier molecular flexibility index (Phi) is 8.90. The van der Waals surface area contributed by atoms with Crippen molar-refractivity contribution in [1.82, 2.24) is 0 Å². The molecule has 0 heterocycles. The van der Waals surface area contributed by atoms with Gasteiger partial charge in [-0.2, -0.15) is 0 Å². The minimum absolute atomic E-state index is 0.716. The molecule has 1 atom stereocenters. The molecule has 0 fully saturated rings. The van der Waals surface area contributed by atoms with Crippen LogP contribution >= 0.6 is 0 Å². The third-order valence-electron chi connectivity index (χ3n) is 7.47. The summed E-state index contributed by atoms with van der Waals surface area (Å²) in [5.74, 6) is 0. The van der Waals surface area contributed by atoms with Gasteiger partial charge in [0.25, 0.3) is 0 Å². The first-order valence-corrected chi connectivity index (χ1v) is 39.5. The van der Waals surface area contributed by atoms with Crippen molar-refractivity contribution in [3.63, 3.8) is 0 Å². The van der Waals surface area contributed by atoms with E-state index in [0.29, 0.717) is 3.33 Å². The van der Waals surface area contributed by atoms with E-state index in [-0.39, 0.29) is 0 Å². The van der Waals surface area contributed by atoms with Crippen LogP contribution in [0.4, 0.5) is 0 Å². The Labute approximate surface area is 156 Å². The normalized spacial score (nSPS) is 17.3. The summed E-state index contributed by atoms with van der Waals surface area (Å²) in [6.07, 6.45) is 4.26. The van der Waals surface area contributed by atoms with E-state index < -0.39 is 55.1 Å². The molecule has 0 amide bonds. The van der Waals surface area contributed by atoms with Gasteiger partial charge in [-0.15, -0.1) is 0 Å². The van der Waals surface area contributed by atoms with Crippen molar-refractivity contribution >= 4 is 61.8 Å². The second-order valence-corrected chi connectivity index (χ2v) is 61.6. The zero-order chi connectivity index (χ0) is 18.2. The van der Waals surface area contributed by atoms with Crippen molar-refractivity contribution in [2.24, 2.45) is 0 Å². The molecule has 4 heteroatoms. The van der Waals surface area contributed by atoms with Gasteiger partial charge in [-0.1, -0.05) is 0 Å². The SMILES string of the molecule is CCB(CC)[C](CC)([C](C)([Sn]([CH3])([CH3])[CH3])[Sn]([CH3])([CH3])[CH3])[Sn]([CH3])([CH3])[CH3]. The summed E-state index contributed by atoms with van der Waals surface area (Å²) >= 11 is -6.39. The molecule has 0 rings (SSSR count). The van der Waals surface area contributed by atoms with Crippen LogP contribution in [0.3, 0.4) is 0 Å². The van der Waals surface area contributed by atoms with Gasteiger partial charge in [0.1, 0.15) is 0 Å². The van der Waals surface area contributed by atoms with E-state index in [9.17, 15) is 0 Å². The Morgan fingerprint density at radius 3 is 1.09 bits per heavy atom. The second kappa shape index (κ2) is 8.00. The van der Waals surface area contributed by atoms with Crippen LogP contribution in [0.5, 0.6) is 0 Å². The van der Waals surface area contributed by atoms with Gasteiger partial charge in [0.05, 0.1) is 0 Å². The number of hydrogen-bond donors (Lipinski definition) is 0. The molecule has 0 nitrogen and oxygen atoms in total. The Balaban J connectivity index is 6.86. The summed E-state index contributed by atoms with van der Waals surface area (Å²) in [7, 11) is 0. The maximum absolute atomic E-state index is 2.84. The van der Waals surface area contributed by atoms with Crippen LogP contribution in [0.1, 0.15) is 34.1 Å². The molecule has 0 aromatic heterocycles. The van der Waals surface area contributed by atoms with Gasteiger partial charge < -0.3 is 0 Å². The van der Waals surface area contributed by atoms with Gasteiger partial charge in [-0.25, -0.2) is 0 Å². The first-order chi connectivity index (χ1) is 9.58. The van der Waals surface area contributed by atoms with Crippen molar-refractivity contribution in [2.45, 2.75) is 96.0 Å². The van der Waals surface area contributed by atoms with Gasteiger partial charge in [0.15, 0.2) is 0 Å². The molecule has 0 aliphatic heterocycles. The molecule has 0 aliphatic rings. The van der Waals surface area contributed by atoms with Crippen LogP contribution in [-0.4, -0.2) is 61.8 Å². The van der Waals surface area contributed by atoms with Crippen LogP contribution in [-0.2, 0) is 0 Å². The van der Waals surface area contributed by atoms with Crippen LogP contribution in [0.15, 0.2) is 0 Å². The van der Waals surface area contributed by atoms with E-state index >= 15 is 0 Å². The summed E-state index contributed by atoms with van der Waals surface area (Å²) in [4.78, 5) is 24.9. The van der Waals surface area contributed by atoms with Crippen molar-refractivity contribution in [1.29, 1.82) is 0 Å². The molecule has 0 spiro atoms. The third kappa shape index (κ3) is 3.91. The standard InChI is InChI=1S/C9H18B.9CH3.3Sn/c1-5-9(6-2)10(7-3)8-4;;;;;;;;;;;;/h5,7-8H2,1-4H3;9*1H3;;;. The van der Waals surface area contributed by atoms with E-state index in [2.05, 4.69) is 72.2 Å². The van der Waals surface area contributed by atoms with E-state index in [1.807, 2.05) is 0 Å². The molecule has 0 saturated heterocycles. The zero-order valence-electron chi connectivity index (χ0n) is 18.2. The molecule has 1 unspecified atom stereocenters. The third-order valence-corrected chi connectivity index (χ3v) is 71.2. The monoisotopic (exact) mass is 632 g/mol. The van der Waals surface area contributed by atoms with E-state index in [0.717, 1.165) is 8.16 Å². The Morgan fingerprint density at radius 1 is 0.636 bits per heavy atom. The molecule has 22 heavy (non-hydrogen) atoms. The molecule has 132 valence electrons. The number of rotatable bonds is 8. The fourth-order valence-electron chi connectivity index (χ4n) is 6.39. The van der Waals surface area contributed by atoms with Gasteiger partial charge in [0.2, 0.25) is 0 Å². The predicted octanol–water partition coefficient (Wildman–Crippen LogP) is 7.52. The summed E-state index contributed by atoms with van der Waals surface area (Å²) in [5, 5.41) is 0. The topological polar surface area (TPSA) is 0 Å². The first-order valence-electron chi connectivity index (χ1n) is 9.58. The second-order valence-electron chi connectivity index (χ2n) is 10.7. The van der Waals surface area contributed by atoms with Gasteiger partial charge in [0, 0.05) is 0 Å². The maximum atomic E-state index is 2.84. The van der Waals surface area contributed by atoms with Gasteiger partial charge >= 0.3 is 158 Å². The van der Waals surface area contributed by atoms with Crippen LogP contribution < -0.4 is 0 Å². The molecule has 0 aromatic rings. The quantitative estimate of drug-likeness (QED) is 0.244. The molecule has 0 bridgehead atoms.